The van der Waals surface area contributed by atoms with E-state index in [0.717, 1.165) is 43.7 Å². The third-order valence-corrected chi connectivity index (χ3v) is 4.04. The van der Waals surface area contributed by atoms with E-state index >= 15 is 0 Å². The zero-order valence-corrected chi connectivity index (χ0v) is 10.2. The largest absolute Gasteiger partial charge is 0.378 e. The molecule has 1 fully saturated rings. The molecule has 0 bridgehead atoms. The van der Waals surface area contributed by atoms with E-state index in [4.69, 9.17) is 4.74 Å². The second-order valence-corrected chi connectivity index (χ2v) is 5.01. The molecule has 1 aromatic rings. The summed E-state index contributed by atoms with van der Waals surface area (Å²) in [6.45, 7) is 4.73. The van der Waals surface area contributed by atoms with Gasteiger partial charge in [0, 0.05) is 12.6 Å². The number of halogens is 1. The van der Waals surface area contributed by atoms with Crippen LogP contribution in [0.3, 0.4) is 0 Å². The molecule has 0 aliphatic carbocycles. The van der Waals surface area contributed by atoms with Crippen LogP contribution in [-0.4, -0.2) is 30.2 Å². The number of nitrogens with zero attached hydrogens (tertiary/aromatic N) is 1. The maximum atomic E-state index is 13.8. The predicted molar refractivity (Wildman–Crippen MR) is 64.3 cm³/mol. The first-order valence-corrected chi connectivity index (χ1v) is 6.39. The monoisotopic (exact) mass is 235 g/mol. The summed E-state index contributed by atoms with van der Waals surface area (Å²) in [5, 5.41) is 0. The first-order chi connectivity index (χ1) is 8.29. The molecule has 0 radical (unpaired) electrons. The van der Waals surface area contributed by atoms with E-state index in [9.17, 15) is 4.39 Å². The Morgan fingerprint density at radius 1 is 1.41 bits per heavy atom. The van der Waals surface area contributed by atoms with Crippen molar-refractivity contribution in [2.75, 3.05) is 13.2 Å². The molecular weight excluding hydrogens is 217 g/mol. The lowest BCUT2D eigenvalue weighted by atomic mass is 9.90. The minimum atomic E-state index is -0.0366. The molecular formula is C14H18FNO. The van der Waals surface area contributed by atoms with Crippen molar-refractivity contribution < 1.29 is 9.13 Å². The van der Waals surface area contributed by atoms with Gasteiger partial charge in [-0.1, -0.05) is 19.1 Å². The van der Waals surface area contributed by atoms with Crippen molar-refractivity contribution in [3.63, 3.8) is 0 Å². The van der Waals surface area contributed by atoms with Gasteiger partial charge in [0.1, 0.15) is 5.82 Å². The fraction of sp³-hybridized carbons (Fsp3) is 0.571. The van der Waals surface area contributed by atoms with Crippen molar-refractivity contribution >= 4 is 0 Å². The Labute approximate surface area is 101 Å². The molecule has 3 rings (SSSR count). The molecule has 2 nitrogen and oxygen atoms in total. The lowest BCUT2D eigenvalue weighted by Gasteiger charge is -2.45. The average molecular weight is 235 g/mol. The van der Waals surface area contributed by atoms with Gasteiger partial charge in [0.15, 0.2) is 0 Å². The Balaban J connectivity index is 1.90. The maximum absolute atomic E-state index is 13.8. The number of hydrogen-bond donors (Lipinski definition) is 0. The summed E-state index contributed by atoms with van der Waals surface area (Å²) >= 11 is 0. The highest BCUT2D eigenvalue weighted by molar-refractivity contribution is 5.31. The standard InChI is InChI=1S/C14H18FNO/c1-2-11-6-13-10(4-3-5-14(13)15)7-16(11)12-8-17-9-12/h3-5,11-12H,2,6-9H2,1H3/t11-/m1/s1. The van der Waals surface area contributed by atoms with Gasteiger partial charge >= 0.3 is 0 Å². The van der Waals surface area contributed by atoms with Crippen molar-refractivity contribution in [1.29, 1.82) is 0 Å². The van der Waals surface area contributed by atoms with Gasteiger partial charge in [0.25, 0.3) is 0 Å². The lowest BCUT2D eigenvalue weighted by Crippen LogP contribution is -2.55. The molecule has 0 unspecified atom stereocenters. The highest BCUT2D eigenvalue weighted by atomic mass is 19.1. The Bertz CT molecular complexity index is 417. The van der Waals surface area contributed by atoms with E-state index < -0.39 is 0 Å². The Kier molecular flexibility index (Phi) is 2.89. The van der Waals surface area contributed by atoms with Gasteiger partial charge in [-0.2, -0.15) is 0 Å². The molecule has 1 aromatic carbocycles. The molecule has 2 aliphatic rings. The summed E-state index contributed by atoms with van der Waals surface area (Å²) in [6, 6.07) is 6.45. The SMILES string of the molecule is CC[C@@H]1Cc2c(F)cccc2CN1C1COC1. The summed E-state index contributed by atoms with van der Waals surface area (Å²) in [7, 11) is 0. The van der Waals surface area contributed by atoms with Crippen molar-refractivity contribution in [3.05, 3.63) is 35.1 Å². The minimum absolute atomic E-state index is 0.0366. The molecule has 2 aliphatic heterocycles. The minimum Gasteiger partial charge on any atom is -0.378 e. The third kappa shape index (κ3) is 1.87. The van der Waals surface area contributed by atoms with E-state index in [1.54, 1.807) is 6.07 Å². The number of rotatable bonds is 2. The first kappa shape index (κ1) is 11.2. The molecule has 3 heteroatoms. The van der Waals surface area contributed by atoms with E-state index in [2.05, 4.69) is 17.9 Å². The summed E-state index contributed by atoms with van der Waals surface area (Å²) in [5.41, 5.74) is 2.08. The Morgan fingerprint density at radius 2 is 2.24 bits per heavy atom. The summed E-state index contributed by atoms with van der Waals surface area (Å²) < 4.78 is 19.0. The fourth-order valence-electron chi connectivity index (χ4n) is 2.88. The Morgan fingerprint density at radius 3 is 2.88 bits per heavy atom. The molecule has 0 saturated carbocycles. The fourth-order valence-corrected chi connectivity index (χ4v) is 2.88. The van der Waals surface area contributed by atoms with Gasteiger partial charge in [-0.05, 0) is 30.0 Å². The maximum Gasteiger partial charge on any atom is 0.126 e. The highest BCUT2D eigenvalue weighted by Crippen LogP contribution is 2.30. The first-order valence-electron chi connectivity index (χ1n) is 6.39. The van der Waals surface area contributed by atoms with Crippen LogP contribution < -0.4 is 0 Å². The average Bonchev–Trinajstić information content (AvgIpc) is 2.26. The quantitative estimate of drug-likeness (QED) is 0.780. The van der Waals surface area contributed by atoms with Crippen LogP contribution in [0.5, 0.6) is 0 Å². The second-order valence-electron chi connectivity index (χ2n) is 5.01. The highest BCUT2D eigenvalue weighted by Gasteiger charge is 2.34. The summed E-state index contributed by atoms with van der Waals surface area (Å²) in [6.07, 6.45) is 1.92. The predicted octanol–water partition coefficient (Wildman–Crippen LogP) is 2.36. The van der Waals surface area contributed by atoms with Crippen LogP contribution >= 0.6 is 0 Å². The number of ether oxygens (including phenoxy) is 1. The second kappa shape index (κ2) is 4.39. The number of benzene rings is 1. The van der Waals surface area contributed by atoms with E-state index in [0.29, 0.717) is 12.1 Å². The molecule has 2 heterocycles. The van der Waals surface area contributed by atoms with Gasteiger partial charge < -0.3 is 4.74 Å². The molecule has 1 atom stereocenters. The van der Waals surface area contributed by atoms with Crippen LogP contribution in [0.4, 0.5) is 4.39 Å². The Hall–Kier alpha value is -0.930. The number of hydrogen-bond acceptors (Lipinski definition) is 2. The lowest BCUT2D eigenvalue weighted by molar-refractivity contribution is -0.0864. The summed E-state index contributed by atoms with van der Waals surface area (Å²) in [4.78, 5) is 2.49. The van der Waals surface area contributed by atoms with Crippen LogP contribution in [0.2, 0.25) is 0 Å². The zero-order chi connectivity index (χ0) is 11.8. The topological polar surface area (TPSA) is 12.5 Å². The molecule has 1 saturated heterocycles. The van der Waals surface area contributed by atoms with Gasteiger partial charge in [-0.25, -0.2) is 4.39 Å². The molecule has 0 aromatic heterocycles. The van der Waals surface area contributed by atoms with Crippen LogP contribution in [0.15, 0.2) is 18.2 Å². The van der Waals surface area contributed by atoms with Crippen molar-refractivity contribution in [1.82, 2.24) is 4.90 Å². The van der Waals surface area contributed by atoms with Crippen molar-refractivity contribution in [3.8, 4) is 0 Å². The van der Waals surface area contributed by atoms with Gasteiger partial charge in [0.2, 0.25) is 0 Å². The molecule has 0 N–H and O–H groups in total. The van der Waals surface area contributed by atoms with Crippen LogP contribution in [-0.2, 0) is 17.7 Å². The smallest absolute Gasteiger partial charge is 0.126 e. The number of fused-ring (bicyclic) bond motifs is 1. The van der Waals surface area contributed by atoms with Crippen LogP contribution in [0, 0.1) is 5.82 Å². The van der Waals surface area contributed by atoms with Gasteiger partial charge in [0.05, 0.1) is 19.3 Å². The normalized spacial score (nSPS) is 25.4. The van der Waals surface area contributed by atoms with Gasteiger partial charge in [-0.3, -0.25) is 4.90 Å². The van der Waals surface area contributed by atoms with E-state index in [1.807, 2.05) is 6.07 Å². The zero-order valence-electron chi connectivity index (χ0n) is 10.2. The molecule has 92 valence electrons. The molecule has 17 heavy (non-hydrogen) atoms. The molecule has 0 spiro atoms. The van der Waals surface area contributed by atoms with Crippen LogP contribution in [0.25, 0.3) is 0 Å². The van der Waals surface area contributed by atoms with Crippen LogP contribution in [0.1, 0.15) is 24.5 Å². The van der Waals surface area contributed by atoms with Crippen molar-refractivity contribution in [2.24, 2.45) is 0 Å². The van der Waals surface area contributed by atoms with Gasteiger partial charge in [-0.15, -0.1) is 0 Å². The van der Waals surface area contributed by atoms with Crippen molar-refractivity contribution in [2.45, 2.75) is 38.4 Å². The molecule has 0 amide bonds. The summed E-state index contributed by atoms with van der Waals surface area (Å²) in [5.74, 6) is -0.0366. The third-order valence-electron chi connectivity index (χ3n) is 4.04. The van der Waals surface area contributed by atoms with E-state index in [-0.39, 0.29) is 5.82 Å². The van der Waals surface area contributed by atoms with E-state index in [1.165, 1.54) is 0 Å².